The van der Waals surface area contributed by atoms with E-state index in [0.29, 0.717) is 13.0 Å². The molecule has 0 radical (unpaired) electrons. The van der Waals surface area contributed by atoms with Crippen LogP contribution in [0.1, 0.15) is 62.5 Å². The molecule has 1 atom stereocenters. The average molecular weight is 395 g/mol. The number of fused-ring (bicyclic) bond motifs is 1. The van der Waals surface area contributed by atoms with E-state index in [1.54, 1.807) is 0 Å². The number of nitrogens with one attached hydrogen (secondary N) is 1. The number of hydrogen-bond acceptors (Lipinski definition) is 2. The minimum Gasteiger partial charge on any atom is -0.355 e. The van der Waals surface area contributed by atoms with Gasteiger partial charge in [-0.05, 0) is 86.7 Å². The van der Waals surface area contributed by atoms with E-state index in [1.807, 2.05) is 11.9 Å². The lowest BCUT2D eigenvalue weighted by Gasteiger charge is -2.55. The van der Waals surface area contributed by atoms with Crippen molar-refractivity contribution in [2.45, 2.75) is 70.3 Å². The van der Waals surface area contributed by atoms with Crippen LogP contribution in [0.5, 0.6) is 0 Å². The lowest BCUT2D eigenvalue weighted by molar-refractivity contribution is -0.146. The summed E-state index contributed by atoms with van der Waals surface area (Å²) in [5.74, 6) is 2.70. The first-order chi connectivity index (χ1) is 14.0. The number of hydrogen-bond donors (Lipinski definition) is 1. The Morgan fingerprint density at radius 2 is 1.66 bits per heavy atom. The highest BCUT2D eigenvalue weighted by molar-refractivity contribution is 5.84. The molecule has 0 aromatic heterocycles. The van der Waals surface area contributed by atoms with Crippen molar-refractivity contribution in [1.82, 2.24) is 10.2 Å². The Balaban J connectivity index is 1.12. The van der Waals surface area contributed by atoms with Crippen LogP contribution >= 0.6 is 0 Å². The van der Waals surface area contributed by atoms with Gasteiger partial charge in [-0.15, -0.1) is 0 Å². The lowest BCUT2D eigenvalue weighted by atomic mass is 9.49. The Labute approximate surface area is 174 Å². The lowest BCUT2D eigenvalue weighted by Crippen LogP contribution is -2.54. The molecule has 5 aliphatic rings. The Morgan fingerprint density at radius 1 is 1.03 bits per heavy atom. The third kappa shape index (κ3) is 3.60. The van der Waals surface area contributed by atoms with Gasteiger partial charge >= 0.3 is 0 Å². The van der Waals surface area contributed by atoms with Gasteiger partial charge in [0.25, 0.3) is 0 Å². The second-order valence-corrected chi connectivity index (χ2v) is 10.4. The molecule has 5 aliphatic carbocycles. The van der Waals surface area contributed by atoms with E-state index in [1.165, 1.54) is 30.4 Å². The van der Waals surface area contributed by atoms with Gasteiger partial charge in [-0.3, -0.25) is 9.59 Å². The Morgan fingerprint density at radius 3 is 2.31 bits per heavy atom. The van der Waals surface area contributed by atoms with Crippen molar-refractivity contribution in [3.05, 3.63) is 35.4 Å². The molecular formula is C25H34N2O2. The minimum absolute atomic E-state index is 0.114. The van der Waals surface area contributed by atoms with Crippen LogP contribution in [0.25, 0.3) is 0 Å². The largest absolute Gasteiger partial charge is 0.355 e. The quantitative estimate of drug-likeness (QED) is 0.827. The maximum Gasteiger partial charge on any atom is 0.226 e. The van der Waals surface area contributed by atoms with Crippen LogP contribution in [0.2, 0.25) is 0 Å². The number of likely N-dealkylation sites (N-methyl/N-ethyl adjacent to an activating group) is 1. The Bertz CT molecular complexity index is 766. The van der Waals surface area contributed by atoms with E-state index in [4.69, 9.17) is 0 Å². The molecule has 1 unspecified atom stereocenters. The third-order valence-corrected chi connectivity index (χ3v) is 8.41. The molecule has 1 aromatic carbocycles. The highest BCUT2D eigenvalue weighted by atomic mass is 16.2. The molecular weight excluding hydrogens is 360 g/mol. The first-order valence-electron chi connectivity index (χ1n) is 11.6. The molecule has 4 saturated carbocycles. The minimum atomic E-state index is -0.114. The number of aryl methyl sites for hydroxylation is 1. The predicted octanol–water partition coefficient (Wildman–Crippen LogP) is 3.73. The van der Waals surface area contributed by atoms with Gasteiger partial charge in [0.05, 0.1) is 0 Å². The van der Waals surface area contributed by atoms with E-state index >= 15 is 0 Å². The summed E-state index contributed by atoms with van der Waals surface area (Å²) in [5.41, 5.74) is 2.68. The zero-order chi connectivity index (χ0) is 20.0. The number of amides is 2. The normalized spacial score (nSPS) is 34.5. The highest BCUT2D eigenvalue weighted by Crippen LogP contribution is 2.60. The van der Waals surface area contributed by atoms with Crippen molar-refractivity contribution in [3.63, 3.8) is 0 Å². The molecule has 4 fully saturated rings. The standard InChI is InChI=1S/C25H34N2O2/c1-27(22-7-6-20-4-2-3-5-21(20)13-22)23(28)8-9-26-24(29)25-14-17-10-18(15-25)12-19(11-17)16-25/h2-5,17-19,22H,6-16H2,1H3,(H,26,29). The van der Waals surface area contributed by atoms with Crippen molar-refractivity contribution in [3.8, 4) is 0 Å². The van der Waals surface area contributed by atoms with E-state index in [0.717, 1.165) is 56.3 Å². The molecule has 2 amide bonds. The molecule has 4 bridgehead atoms. The topological polar surface area (TPSA) is 49.4 Å². The molecule has 1 aromatic rings. The maximum absolute atomic E-state index is 13.1. The summed E-state index contributed by atoms with van der Waals surface area (Å²) in [4.78, 5) is 27.7. The molecule has 0 spiro atoms. The van der Waals surface area contributed by atoms with Crippen LogP contribution in [0.4, 0.5) is 0 Å². The second-order valence-electron chi connectivity index (χ2n) is 10.4. The van der Waals surface area contributed by atoms with E-state index in [-0.39, 0.29) is 23.3 Å². The van der Waals surface area contributed by atoms with Crippen LogP contribution in [-0.2, 0) is 22.4 Å². The van der Waals surface area contributed by atoms with Crippen molar-refractivity contribution in [2.75, 3.05) is 13.6 Å². The first kappa shape index (κ1) is 19.1. The predicted molar refractivity (Wildman–Crippen MR) is 113 cm³/mol. The van der Waals surface area contributed by atoms with Crippen LogP contribution in [-0.4, -0.2) is 36.3 Å². The molecule has 29 heavy (non-hydrogen) atoms. The number of benzene rings is 1. The molecule has 4 heteroatoms. The second kappa shape index (κ2) is 7.45. The number of rotatable bonds is 5. The molecule has 0 saturated heterocycles. The van der Waals surface area contributed by atoms with Crippen LogP contribution < -0.4 is 5.32 Å². The zero-order valence-corrected chi connectivity index (χ0v) is 17.7. The van der Waals surface area contributed by atoms with E-state index in [9.17, 15) is 9.59 Å². The SMILES string of the molecule is CN(C(=O)CCNC(=O)C12CC3CC(CC(C3)C1)C2)C1CCc2ccccc2C1. The van der Waals surface area contributed by atoms with Gasteiger partial charge < -0.3 is 10.2 Å². The van der Waals surface area contributed by atoms with Crippen LogP contribution in [0, 0.1) is 23.2 Å². The van der Waals surface area contributed by atoms with E-state index < -0.39 is 0 Å². The van der Waals surface area contributed by atoms with Crippen molar-refractivity contribution in [2.24, 2.45) is 23.2 Å². The fourth-order valence-corrected chi connectivity index (χ4v) is 7.25. The van der Waals surface area contributed by atoms with Crippen LogP contribution in [0.3, 0.4) is 0 Å². The monoisotopic (exact) mass is 394 g/mol. The average Bonchev–Trinajstić information content (AvgIpc) is 2.71. The number of carbonyl (C=O) groups excluding carboxylic acids is 2. The molecule has 0 aliphatic heterocycles. The summed E-state index contributed by atoms with van der Waals surface area (Å²) in [6, 6.07) is 8.85. The fourth-order valence-electron chi connectivity index (χ4n) is 7.25. The fraction of sp³-hybridized carbons (Fsp3) is 0.680. The van der Waals surface area contributed by atoms with Crippen LogP contribution in [0.15, 0.2) is 24.3 Å². The summed E-state index contributed by atoms with van der Waals surface area (Å²) in [7, 11) is 1.93. The highest BCUT2D eigenvalue weighted by Gasteiger charge is 2.54. The van der Waals surface area contributed by atoms with Gasteiger partial charge in [0.15, 0.2) is 0 Å². The summed E-state index contributed by atoms with van der Waals surface area (Å²) < 4.78 is 0. The Kier molecular flexibility index (Phi) is 4.92. The number of carbonyl (C=O) groups is 2. The van der Waals surface area contributed by atoms with Gasteiger partial charge in [-0.2, -0.15) is 0 Å². The zero-order valence-electron chi connectivity index (χ0n) is 17.7. The molecule has 0 heterocycles. The van der Waals surface area contributed by atoms with Gasteiger partial charge in [-0.1, -0.05) is 24.3 Å². The summed E-state index contributed by atoms with van der Waals surface area (Å²) in [6.45, 7) is 0.479. The Hall–Kier alpha value is -1.84. The number of nitrogens with zero attached hydrogens (tertiary/aromatic N) is 1. The van der Waals surface area contributed by atoms with Gasteiger partial charge in [0.1, 0.15) is 0 Å². The van der Waals surface area contributed by atoms with Crippen molar-refractivity contribution >= 4 is 11.8 Å². The molecule has 6 rings (SSSR count). The third-order valence-electron chi connectivity index (χ3n) is 8.41. The van der Waals surface area contributed by atoms with Crippen molar-refractivity contribution in [1.29, 1.82) is 0 Å². The van der Waals surface area contributed by atoms with Gasteiger partial charge in [0, 0.05) is 31.5 Å². The summed E-state index contributed by atoms with van der Waals surface area (Å²) in [5, 5.41) is 3.16. The summed E-state index contributed by atoms with van der Waals surface area (Å²) >= 11 is 0. The van der Waals surface area contributed by atoms with E-state index in [2.05, 4.69) is 29.6 Å². The molecule has 4 nitrogen and oxygen atoms in total. The molecule has 1 N–H and O–H groups in total. The maximum atomic E-state index is 13.1. The van der Waals surface area contributed by atoms with Crippen molar-refractivity contribution < 1.29 is 9.59 Å². The van der Waals surface area contributed by atoms with Gasteiger partial charge in [-0.25, -0.2) is 0 Å². The smallest absolute Gasteiger partial charge is 0.226 e. The summed E-state index contributed by atoms with van der Waals surface area (Å²) in [6.07, 6.45) is 10.7. The van der Waals surface area contributed by atoms with Gasteiger partial charge in [0.2, 0.25) is 11.8 Å². The first-order valence-corrected chi connectivity index (χ1v) is 11.6. The molecule has 156 valence electrons.